The highest BCUT2D eigenvalue weighted by molar-refractivity contribution is 5.83. The summed E-state index contributed by atoms with van der Waals surface area (Å²) in [5, 5.41) is 13.2. The van der Waals surface area contributed by atoms with Crippen molar-refractivity contribution in [1.82, 2.24) is 5.32 Å². The molecule has 1 aliphatic rings. The zero-order valence-electron chi connectivity index (χ0n) is 13.7. The largest absolute Gasteiger partial charge is 0.388 e. The van der Waals surface area contributed by atoms with Crippen molar-refractivity contribution in [2.45, 2.75) is 37.8 Å². The van der Waals surface area contributed by atoms with E-state index in [4.69, 9.17) is 0 Å². The van der Waals surface area contributed by atoms with E-state index < -0.39 is 6.10 Å². The minimum atomic E-state index is -0.589. The van der Waals surface area contributed by atoms with Gasteiger partial charge in [-0.3, -0.25) is 4.79 Å². The number of carbonyl (C=O) groups excluding carboxylic acids is 1. The molecule has 4 unspecified atom stereocenters. The van der Waals surface area contributed by atoms with Crippen molar-refractivity contribution < 1.29 is 14.3 Å². The monoisotopic (exact) mass is 327 g/mol. The average Bonchev–Trinajstić information content (AvgIpc) is 3.37. The fourth-order valence-electron chi connectivity index (χ4n) is 3.12. The Morgan fingerprint density at radius 2 is 1.88 bits per heavy atom. The minimum absolute atomic E-state index is 0.0112. The molecule has 0 aromatic heterocycles. The zero-order chi connectivity index (χ0) is 17.1. The van der Waals surface area contributed by atoms with Gasteiger partial charge < -0.3 is 10.4 Å². The highest BCUT2D eigenvalue weighted by atomic mass is 19.1. The molecule has 4 atom stereocenters. The van der Waals surface area contributed by atoms with Gasteiger partial charge in [-0.1, -0.05) is 42.5 Å². The Balaban J connectivity index is 1.49. The highest BCUT2D eigenvalue weighted by Crippen LogP contribution is 2.47. The van der Waals surface area contributed by atoms with Crippen LogP contribution in [0.4, 0.5) is 4.39 Å². The van der Waals surface area contributed by atoms with Crippen LogP contribution in [-0.2, 0) is 4.79 Å². The Kier molecular flexibility index (Phi) is 4.95. The lowest BCUT2D eigenvalue weighted by atomic mass is 10.0. The number of benzene rings is 2. The lowest BCUT2D eigenvalue weighted by molar-refractivity contribution is -0.123. The van der Waals surface area contributed by atoms with Crippen molar-refractivity contribution in [2.24, 2.45) is 5.92 Å². The van der Waals surface area contributed by atoms with Crippen LogP contribution in [0, 0.1) is 11.7 Å². The van der Waals surface area contributed by atoms with E-state index >= 15 is 0 Å². The summed E-state index contributed by atoms with van der Waals surface area (Å²) < 4.78 is 13.0. The molecule has 2 aromatic rings. The summed E-state index contributed by atoms with van der Waals surface area (Å²) in [5.74, 6) is -0.121. The number of aliphatic hydroxyl groups is 1. The van der Waals surface area contributed by atoms with Gasteiger partial charge in [-0.25, -0.2) is 4.39 Å². The quantitative estimate of drug-likeness (QED) is 0.852. The van der Waals surface area contributed by atoms with Crippen molar-refractivity contribution in [3.05, 3.63) is 71.5 Å². The van der Waals surface area contributed by atoms with Gasteiger partial charge in [0.25, 0.3) is 0 Å². The van der Waals surface area contributed by atoms with Gasteiger partial charge >= 0.3 is 0 Å². The maximum Gasteiger partial charge on any atom is 0.223 e. The van der Waals surface area contributed by atoms with Crippen molar-refractivity contribution in [2.75, 3.05) is 0 Å². The Labute approximate surface area is 141 Å². The second kappa shape index (κ2) is 7.14. The van der Waals surface area contributed by atoms with Crippen LogP contribution < -0.4 is 5.32 Å². The summed E-state index contributed by atoms with van der Waals surface area (Å²) in [6.07, 6.45) is 0.684. The topological polar surface area (TPSA) is 49.3 Å². The van der Waals surface area contributed by atoms with Gasteiger partial charge in [0.15, 0.2) is 0 Å². The van der Waals surface area contributed by atoms with E-state index in [1.807, 2.05) is 37.3 Å². The van der Waals surface area contributed by atoms with E-state index in [1.54, 1.807) is 12.1 Å². The molecule has 3 rings (SSSR count). The van der Waals surface area contributed by atoms with Crippen LogP contribution >= 0.6 is 0 Å². The number of aliphatic hydroxyl groups excluding tert-OH is 1. The number of hydrogen-bond acceptors (Lipinski definition) is 2. The smallest absolute Gasteiger partial charge is 0.223 e. The minimum Gasteiger partial charge on any atom is -0.388 e. The standard InChI is InChI=1S/C20H22FNO2/c1-13(11-19(23)15-5-3-2-4-6-15)22-20(24)18-12-17(18)14-7-9-16(21)10-8-14/h2-10,13,17-19,23H,11-12H2,1H3,(H,22,24). The number of halogens is 1. The van der Waals surface area contributed by atoms with Crippen LogP contribution in [0.3, 0.4) is 0 Å². The normalized spacial score (nSPS) is 21.8. The van der Waals surface area contributed by atoms with E-state index in [0.717, 1.165) is 17.5 Å². The molecular formula is C20H22FNO2. The third kappa shape index (κ3) is 4.01. The maximum atomic E-state index is 13.0. The second-order valence-corrected chi connectivity index (χ2v) is 6.57. The molecule has 24 heavy (non-hydrogen) atoms. The van der Waals surface area contributed by atoms with Crippen LogP contribution in [0.15, 0.2) is 54.6 Å². The third-order valence-electron chi connectivity index (χ3n) is 4.58. The van der Waals surface area contributed by atoms with Crippen LogP contribution in [-0.4, -0.2) is 17.1 Å². The molecule has 0 bridgehead atoms. The van der Waals surface area contributed by atoms with Crippen molar-refractivity contribution >= 4 is 5.91 Å². The SMILES string of the molecule is CC(CC(O)c1ccccc1)NC(=O)C1CC1c1ccc(F)cc1. The number of carbonyl (C=O) groups is 1. The van der Waals surface area contributed by atoms with E-state index in [1.165, 1.54) is 12.1 Å². The van der Waals surface area contributed by atoms with Crippen LogP contribution in [0.1, 0.15) is 42.9 Å². The van der Waals surface area contributed by atoms with Gasteiger partial charge in [-0.05, 0) is 48.9 Å². The second-order valence-electron chi connectivity index (χ2n) is 6.57. The predicted octanol–water partition coefficient (Wildman–Crippen LogP) is 3.56. The molecule has 126 valence electrons. The fourth-order valence-corrected chi connectivity index (χ4v) is 3.12. The first-order valence-corrected chi connectivity index (χ1v) is 8.33. The van der Waals surface area contributed by atoms with Crippen molar-refractivity contribution in [3.63, 3.8) is 0 Å². The van der Waals surface area contributed by atoms with Gasteiger partial charge in [0.05, 0.1) is 6.10 Å². The van der Waals surface area contributed by atoms with E-state index in [9.17, 15) is 14.3 Å². The van der Waals surface area contributed by atoms with Crippen LogP contribution in [0.5, 0.6) is 0 Å². The van der Waals surface area contributed by atoms with Gasteiger partial charge in [-0.15, -0.1) is 0 Å². The molecule has 0 saturated heterocycles. The number of hydrogen-bond donors (Lipinski definition) is 2. The average molecular weight is 327 g/mol. The van der Waals surface area contributed by atoms with Crippen LogP contribution in [0.2, 0.25) is 0 Å². The van der Waals surface area contributed by atoms with Gasteiger partial charge in [0, 0.05) is 12.0 Å². The molecule has 0 aliphatic heterocycles. The highest BCUT2D eigenvalue weighted by Gasteiger charge is 2.44. The Bertz CT molecular complexity index is 687. The molecule has 4 heteroatoms. The first-order chi connectivity index (χ1) is 11.5. The van der Waals surface area contributed by atoms with E-state index in [2.05, 4.69) is 5.32 Å². The van der Waals surface area contributed by atoms with Gasteiger partial charge in [-0.2, -0.15) is 0 Å². The summed E-state index contributed by atoms with van der Waals surface area (Å²) in [7, 11) is 0. The fraction of sp³-hybridized carbons (Fsp3) is 0.350. The molecule has 1 saturated carbocycles. The molecule has 2 N–H and O–H groups in total. The lowest BCUT2D eigenvalue weighted by Crippen LogP contribution is -2.35. The maximum absolute atomic E-state index is 13.0. The van der Waals surface area contributed by atoms with Crippen molar-refractivity contribution in [3.8, 4) is 0 Å². The molecule has 1 aliphatic carbocycles. The Morgan fingerprint density at radius 3 is 2.54 bits per heavy atom. The Hall–Kier alpha value is -2.20. The summed E-state index contributed by atoms with van der Waals surface area (Å²) in [6, 6.07) is 15.7. The first-order valence-electron chi connectivity index (χ1n) is 8.33. The molecular weight excluding hydrogens is 305 g/mol. The van der Waals surface area contributed by atoms with Crippen LogP contribution in [0.25, 0.3) is 0 Å². The molecule has 0 heterocycles. The van der Waals surface area contributed by atoms with E-state index in [0.29, 0.717) is 6.42 Å². The molecule has 1 fully saturated rings. The first kappa shape index (κ1) is 16.7. The lowest BCUT2D eigenvalue weighted by Gasteiger charge is -2.18. The zero-order valence-corrected chi connectivity index (χ0v) is 13.7. The van der Waals surface area contributed by atoms with Crippen molar-refractivity contribution in [1.29, 1.82) is 0 Å². The molecule has 0 spiro atoms. The number of nitrogens with one attached hydrogen (secondary N) is 1. The number of amides is 1. The molecule has 3 nitrogen and oxygen atoms in total. The summed E-state index contributed by atoms with van der Waals surface area (Å²) in [6.45, 7) is 1.90. The molecule has 2 aromatic carbocycles. The molecule has 1 amide bonds. The van der Waals surface area contributed by atoms with Gasteiger partial charge in [0.2, 0.25) is 5.91 Å². The molecule has 0 radical (unpaired) electrons. The predicted molar refractivity (Wildman–Crippen MR) is 90.9 cm³/mol. The van der Waals surface area contributed by atoms with E-state index in [-0.39, 0.29) is 29.6 Å². The number of rotatable bonds is 6. The Morgan fingerprint density at radius 1 is 1.21 bits per heavy atom. The summed E-state index contributed by atoms with van der Waals surface area (Å²) >= 11 is 0. The summed E-state index contributed by atoms with van der Waals surface area (Å²) in [5.41, 5.74) is 1.86. The van der Waals surface area contributed by atoms with Gasteiger partial charge in [0.1, 0.15) is 5.82 Å². The summed E-state index contributed by atoms with van der Waals surface area (Å²) in [4.78, 5) is 12.3. The third-order valence-corrected chi connectivity index (χ3v) is 4.58.